The predicted octanol–water partition coefficient (Wildman–Crippen LogP) is -1.26. The zero-order valence-electron chi connectivity index (χ0n) is 5.07. The van der Waals surface area contributed by atoms with Gasteiger partial charge >= 0.3 is 0 Å². The third-order valence-corrected chi connectivity index (χ3v) is 0.167. The van der Waals surface area contributed by atoms with Crippen molar-refractivity contribution >= 4 is 0 Å². The van der Waals surface area contributed by atoms with Gasteiger partial charge in [0.25, 0.3) is 0 Å². The van der Waals surface area contributed by atoms with Crippen LogP contribution in [0, 0.1) is 0 Å². The standard InChI is InChI=1S/C2H8N2.C2H7N/c3-1-2-4;1-3-2/h1-4H2;3H,1-2H3. The Bertz CT molecular complexity index is 14.4. The monoisotopic (exact) mass is 105 g/mol. The van der Waals surface area contributed by atoms with E-state index in [9.17, 15) is 0 Å². The number of nitrogens with two attached hydrogens (primary N) is 2. The fourth-order valence-corrected chi connectivity index (χ4v) is 0. The smallest absolute Gasteiger partial charge is 0.00461 e. The molecular formula is C4H15N3. The Labute approximate surface area is 45.1 Å². The van der Waals surface area contributed by atoms with Crippen LogP contribution in [-0.4, -0.2) is 27.2 Å². The van der Waals surface area contributed by atoms with E-state index in [2.05, 4.69) is 5.32 Å². The van der Waals surface area contributed by atoms with E-state index in [0.29, 0.717) is 13.1 Å². The van der Waals surface area contributed by atoms with Gasteiger partial charge in [-0.25, -0.2) is 0 Å². The molecule has 46 valence electrons. The second-order valence-electron chi connectivity index (χ2n) is 1.08. The average molecular weight is 105 g/mol. The molecule has 0 saturated heterocycles. The van der Waals surface area contributed by atoms with E-state index in [0.717, 1.165) is 0 Å². The summed E-state index contributed by atoms with van der Waals surface area (Å²) in [6.07, 6.45) is 0. The number of hydrogen-bond donors (Lipinski definition) is 3. The first-order valence-electron chi connectivity index (χ1n) is 2.32. The lowest BCUT2D eigenvalue weighted by molar-refractivity contribution is 0.976. The molecule has 0 aliphatic carbocycles. The van der Waals surface area contributed by atoms with Crippen molar-refractivity contribution in [2.45, 2.75) is 0 Å². The summed E-state index contributed by atoms with van der Waals surface area (Å²) in [6, 6.07) is 0. The van der Waals surface area contributed by atoms with Crippen LogP contribution in [0.1, 0.15) is 0 Å². The van der Waals surface area contributed by atoms with E-state index in [-0.39, 0.29) is 0 Å². The first-order chi connectivity index (χ1) is 3.33. The van der Waals surface area contributed by atoms with Gasteiger partial charge in [-0.1, -0.05) is 0 Å². The lowest BCUT2D eigenvalue weighted by atomic mass is 10.7. The number of rotatable bonds is 1. The fraction of sp³-hybridized carbons (Fsp3) is 1.00. The van der Waals surface area contributed by atoms with Crippen molar-refractivity contribution in [2.24, 2.45) is 11.5 Å². The maximum Gasteiger partial charge on any atom is 0.00461 e. The molecule has 0 fully saturated rings. The van der Waals surface area contributed by atoms with E-state index in [1.165, 1.54) is 0 Å². The fourth-order valence-electron chi connectivity index (χ4n) is 0. The highest BCUT2D eigenvalue weighted by Crippen LogP contribution is 1.24. The molecule has 0 radical (unpaired) electrons. The maximum absolute atomic E-state index is 4.90. The molecule has 0 aromatic carbocycles. The van der Waals surface area contributed by atoms with E-state index in [4.69, 9.17) is 11.5 Å². The van der Waals surface area contributed by atoms with Gasteiger partial charge in [-0.3, -0.25) is 0 Å². The second-order valence-corrected chi connectivity index (χ2v) is 1.08. The van der Waals surface area contributed by atoms with Crippen LogP contribution in [0.3, 0.4) is 0 Å². The minimum absolute atomic E-state index is 0.597. The van der Waals surface area contributed by atoms with Crippen molar-refractivity contribution in [1.82, 2.24) is 5.32 Å². The van der Waals surface area contributed by atoms with Gasteiger partial charge in [0, 0.05) is 13.1 Å². The molecule has 0 rings (SSSR count). The van der Waals surface area contributed by atoms with Gasteiger partial charge in [0.1, 0.15) is 0 Å². The summed E-state index contributed by atoms with van der Waals surface area (Å²) in [7, 11) is 3.75. The number of nitrogens with one attached hydrogen (secondary N) is 1. The zero-order chi connectivity index (χ0) is 6.12. The Morgan fingerprint density at radius 2 is 1.29 bits per heavy atom. The van der Waals surface area contributed by atoms with Crippen molar-refractivity contribution in [1.29, 1.82) is 0 Å². The first-order valence-corrected chi connectivity index (χ1v) is 2.32. The summed E-state index contributed by atoms with van der Waals surface area (Å²) in [5, 5.41) is 2.75. The van der Waals surface area contributed by atoms with Gasteiger partial charge in [-0.15, -0.1) is 0 Å². The molecule has 0 aliphatic rings. The van der Waals surface area contributed by atoms with Crippen LogP contribution >= 0.6 is 0 Å². The molecule has 3 heteroatoms. The van der Waals surface area contributed by atoms with Gasteiger partial charge in [-0.2, -0.15) is 0 Å². The van der Waals surface area contributed by atoms with Gasteiger partial charge in [-0.05, 0) is 14.1 Å². The van der Waals surface area contributed by atoms with Crippen LogP contribution < -0.4 is 16.8 Å². The van der Waals surface area contributed by atoms with Gasteiger partial charge in [0.2, 0.25) is 0 Å². The van der Waals surface area contributed by atoms with Crippen molar-refractivity contribution in [3.8, 4) is 0 Å². The molecule has 0 saturated carbocycles. The Morgan fingerprint density at radius 1 is 1.14 bits per heavy atom. The quantitative estimate of drug-likeness (QED) is 0.390. The summed E-state index contributed by atoms with van der Waals surface area (Å²) in [5.41, 5.74) is 9.81. The molecule has 0 spiro atoms. The zero-order valence-corrected chi connectivity index (χ0v) is 5.07. The lowest BCUT2D eigenvalue weighted by Crippen LogP contribution is -2.11. The molecule has 5 N–H and O–H groups in total. The molecule has 0 aromatic rings. The Kier molecular flexibility index (Phi) is 24.1. The third-order valence-electron chi connectivity index (χ3n) is 0.167. The maximum atomic E-state index is 4.90. The molecular weight excluding hydrogens is 90.1 g/mol. The average Bonchev–Trinajstić information content (AvgIpc) is 1.69. The van der Waals surface area contributed by atoms with Gasteiger partial charge in [0.05, 0.1) is 0 Å². The summed E-state index contributed by atoms with van der Waals surface area (Å²) >= 11 is 0. The van der Waals surface area contributed by atoms with Crippen LogP contribution in [0.25, 0.3) is 0 Å². The SMILES string of the molecule is CNC.NCCN. The van der Waals surface area contributed by atoms with Crippen molar-refractivity contribution in [3.63, 3.8) is 0 Å². The summed E-state index contributed by atoms with van der Waals surface area (Å²) in [4.78, 5) is 0. The Hall–Kier alpha value is -0.120. The highest BCUT2D eigenvalue weighted by molar-refractivity contribution is 4.26. The van der Waals surface area contributed by atoms with Crippen LogP contribution in [-0.2, 0) is 0 Å². The second kappa shape index (κ2) is 16.9. The lowest BCUT2D eigenvalue weighted by Gasteiger charge is -1.72. The van der Waals surface area contributed by atoms with Crippen LogP contribution in [0.2, 0.25) is 0 Å². The van der Waals surface area contributed by atoms with Crippen molar-refractivity contribution in [3.05, 3.63) is 0 Å². The molecule has 0 heterocycles. The molecule has 0 aromatic heterocycles. The Morgan fingerprint density at radius 3 is 1.29 bits per heavy atom. The minimum Gasteiger partial charge on any atom is -0.329 e. The predicted molar refractivity (Wildman–Crippen MR) is 33.1 cm³/mol. The van der Waals surface area contributed by atoms with E-state index >= 15 is 0 Å². The van der Waals surface area contributed by atoms with Crippen molar-refractivity contribution < 1.29 is 0 Å². The molecule has 0 bridgehead atoms. The van der Waals surface area contributed by atoms with Gasteiger partial charge in [0.15, 0.2) is 0 Å². The highest BCUT2D eigenvalue weighted by Gasteiger charge is 1.54. The summed E-state index contributed by atoms with van der Waals surface area (Å²) in [6.45, 7) is 1.19. The third kappa shape index (κ3) is 114. The van der Waals surface area contributed by atoms with Gasteiger partial charge < -0.3 is 16.8 Å². The largest absolute Gasteiger partial charge is 0.329 e. The topological polar surface area (TPSA) is 64.1 Å². The minimum atomic E-state index is 0.597. The molecule has 0 unspecified atom stereocenters. The number of hydrogen-bond acceptors (Lipinski definition) is 3. The first kappa shape index (κ1) is 9.99. The summed E-state index contributed by atoms with van der Waals surface area (Å²) < 4.78 is 0. The molecule has 7 heavy (non-hydrogen) atoms. The van der Waals surface area contributed by atoms with E-state index in [1.807, 2.05) is 14.1 Å². The molecule has 3 nitrogen and oxygen atoms in total. The molecule has 0 amide bonds. The normalized spacial score (nSPS) is 6.86. The van der Waals surface area contributed by atoms with Crippen LogP contribution in [0.5, 0.6) is 0 Å². The summed E-state index contributed by atoms with van der Waals surface area (Å²) in [5.74, 6) is 0. The molecule has 0 atom stereocenters. The Balaban J connectivity index is 0. The van der Waals surface area contributed by atoms with Crippen LogP contribution in [0.4, 0.5) is 0 Å². The van der Waals surface area contributed by atoms with E-state index in [1.54, 1.807) is 0 Å². The van der Waals surface area contributed by atoms with Crippen molar-refractivity contribution in [2.75, 3.05) is 27.2 Å². The highest BCUT2D eigenvalue weighted by atomic mass is 14.7. The van der Waals surface area contributed by atoms with Crippen LogP contribution in [0.15, 0.2) is 0 Å². The molecule has 0 aliphatic heterocycles. The van der Waals surface area contributed by atoms with E-state index < -0.39 is 0 Å².